The van der Waals surface area contributed by atoms with E-state index in [1.54, 1.807) is 0 Å². The van der Waals surface area contributed by atoms with Gasteiger partial charge >= 0.3 is 0 Å². The zero-order valence-corrected chi connectivity index (χ0v) is 14.3. The van der Waals surface area contributed by atoms with Crippen molar-refractivity contribution < 1.29 is 0 Å². The van der Waals surface area contributed by atoms with Crippen LogP contribution in [-0.2, 0) is 0 Å². The van der Waals surface area contributed by atoms with Crippen LogP contribution in [0.2, 0.25) is 0 Å². The maximum Gasteiger partial charge on any atom is 0.177 e. The van der Waals surface area contributed by atoms with Gasteiger partial charge in [0.2, 0.25) is 0 Å². The normalized spacial score (nSPS) is 12.8. The molecule has 1 atom stereocenters. The first-order chi connectivity index (χ1) is 11.1. The Hall–Kier alpha value is -2.34. The fourth-order valence-corrected chi connectivity index (χ4v) is 3.06. The minimum Gasteiger partial charge on any atom is -0.255 e. The maximum atomic E-state index is 4.53. The summed E-state index contributed by atoms with van der Waals surface area (Å²) >= 11 is 3.47. The van der Waals surface area contributed by atoms with Crippen molar-refractivity contribution in [3.63, 3.8) is 0 Å². The Kier molecular flexibility index (Phi) is 3.34. The Bertz CT molecular complexity index is 1020. The number of hydrogen-bond acceptors (Lipinski definition) is 4. The number of aryl methyl sites for hydroxylation is 1. The molecule has 0 aliphatic heterocycles. The third kappa shape index (κ3) is 2.49. The van der Waals surface area contributed by atoms with E-state index in [1.807, 2.05) is 35.8 Å². The molecule has 23 heavy (non-hydrogen) atoms. The highest BCUT2D eigenvalue weighted by molar-refractivity contribution is 9.10. The average molecular weight is 368 g/mol. The van der Waals surface area contributed by atoms with E-state index in [4.69, 9.17) is 0 Å². The Morgan fingerprint density at radius 3 is 2.83 bits per heavy atom. The van der Waals surface area contributed by atoms with Crippen molar-refractivity contribution in [1.29, 1.82) is 0 Å². The zero-order chi connectivity index (χ0) is 16.0. The van der Waals surface area contributed by atoms with Gasteiger partial charge < -0.3 is 0 Å². The van der Waals surface area contributed by atoms with Gasteiger partial charge in [0.15, 0.2) is 11.5 Å². The van der Waals surface area contributed by atoms with E-state index >= 15 is 0 Å². The number of rotatable bonds is 2. The summed E-state index contributed by atoms with van der Waals surface area (Å²) in [6, 6.07) is 12.2. The number of pyridine rings is 1. The van der Waals surface area contributed by atoms with Gasteiger partial charge in [-0.15, -0.1) is 10.2 Å². The summed E-state index contributed by atoms with van der Waals surface area (Å²) in [5.74, 6) is 0.925. The summed E-state index contributed by atoms with van der Waals surface area (Å²) in [5, 5.41) is 14.2. The minimum atomic E-state index is 0.0858. The number of halogens is 1. The molecule has 4 rings (SSSR count). The molecule has 0 bridgehead atoms. The molecule has 3 heterocycles. The molecule has 114 valence electrons. The maximum absolute atomic E-state index is 4.53. The summed E-state index contributed by atoms with van der Waals surface area (Å²) < 4.78 is 2.80. The van der Waals surface area contributed by atoms with Gasteiger partial charge in [-0.2, -0.15) is 9.61 Å². The molecule has 0 fully saturated rings. The van der Waals surface area contributed by atoms with Crippen LogP contribution in [0.15, 0.2) is 47.1 Å². The highest BCUT2D eigenvalue weighted by Crippen LogP contribution is 2.26. The molecular weight excluding hydrogens is 354 g/mol. The summed E-state index contributed by atoms with van der Waals surface area (Å²) in [7, 11) is 0. The Balaban J connectivity index is 1.84. The monoisotopic (exact) mass is 367 g/mol. The molecule has 6 heteroatoms. The number of aromatic nitrogens is 5. The predicted octanol–water partition coefficient (Wildman–Crippen LogP) is 3.90. The Labute approximate surface area is 141 Å². The van der Waals surface area contributed by atoms with Crippen molar-refractivity contribution in [2.45, 2.75) is 19.8 Å². The van der Waals surface area contributed by atoms with Gasteiger partial charge in [0.05, 0.1) is 11.2 Å². The lowest BCUT2D eigenvalue weighted by Gasteiger charge is -2.11. The van der Waals surface area contributed by atoms with E-state index in [1.165, 1.54) is 0 Å². The number of benzene rings is 1. The quantitative estimate of drug-likeness (QED) is 0.539. The molecule has 0 amide bonds. The molecule has 5 nitrogen and oxygen atoms in total. The predicted molar refractivity (Wildman–Crippen MR) is 92.5 cm³/mol. The van der Waals surface area contributed by atoms with Crippen LogP contribution in [0.3, 0.4) is 0 Å². The van der Waals surface area contributed by atoms with Crippen molar-refractivity contribution in [1.82, 2.24) is 24.8 Å². The number of nitrogens with zero attached hydrogens (tertiary/aromatic N) is 5. The number of hydrogen-bond donors (Lipinski definition) is 0. The second-order valence-corrected chi connectivity index (χ2v) is 6.55. The molecule has 3 aromatic heterocycles. The second-order valence-electron chi connectivity index (χ2n) is 5.63. The minimum absolute atomic E-state index is 0.0858. The van der Waals surface area contributed by atoms with E-state index in [0.29, 0.717) is 0 Å². The van der Waals surface area contributed by atoms with Gasteiger partial charge in [0.1, 0.15) is 0 Å². The molecule has 0 aliphatic carbocycles. The first kappa shape index (κ1) is 14.3. The summed E-state index contributed by atoms with van der Waals surface area (Å²) in [4.78, 5) is 4.41. The summed E-state index contributed by atoms with van der Waals surface area (Å²) in [6.45, 7) is 4.08. The molecule has 0 saturated heterocycles. The largest absolute Gasteiger partial charge is 0.255 e. The Morgan fingerprint density at radius 1 is 1.09 bits per heavy atom. The van der Waals surface area contributed by atoms with Gasteiger partial charge in [-0.25, -0.2) is 0 Å². The Morgan fingerprint density at radius 2 is 1.96 bits per heavy atom. The molecule has 1 unspecified atom stereocenters. The third-order valence-corrected chi connectivity index (χ3v) is 4.41. The first-order valence-electron chi connectivity index (χ1n) is 7.36. The van der Waals surface area contributed by atoms with Crippen LogP contribution in [0.4, 0.5) is 0 Å². The van der Waals surface area contributed by atoms with Crippen LogP contribution < -0.4 is 0 Å². The van der Waals surface area contributed by atoms with Crippen LogP contribution in [0, 0.1) is 6.92 Å². The SMILES string of the molecule is Cc1ccc2nnc(C(C)c3ccc4ncc(Br)cc4c3)n2n1. The van der Waals surface area contributed by atoms with Crippen molar-refractivity contribution in [3.05, 3.63) is 64.1 Å². The molecule has 0 radical (unpaired) electrons. The van der Waals surface area contributed by atoms with Gasteiger partial charge in [-0.3, -0.25) is 4.98 Å². The number of fused-ring (bicyclic) bond motifs is 2. The topological polar surface area (TPSA) is 56.0 Å². The van der Waals surface area contributed by atoms with Gasteiger partial charge in [-0.05, 0) is 58.7 Å². The highest BCUT2D eigenvalue weighted by Gasteiger charge is 2.17. The lowest BCUT2D eigenvalue weighted by molar-refractivity contribution is 0.743. The van der Waals surface area contributed by atoms with Gasteiger partial charge in [0, 0.05) is 22.0 Å². The average Bonchev–Trinajstić information content (AvgIpc) is 2.96. The lowest BCUT2D eigenvalue weighted by Crippen LogP contribution is -2.05. The van der Waals surface area contributed by atoms with E-state index in [-0.39, 0.29) is 5.92 Å². The van der Waals surface area contributed by atoms with Crippen LogP contribution in [0.5, 0.6) is 0 Å². The standard InChI is InChI=1S/C17H14BrN5/c1-10-3-6-16-20-21-17(23(16)22-10)11(2)12-4-5-15-13(7-12)8-14(18)9-19-15/h3-9,11H,1-2H3. The van der Waals surface area contributed by atoms with Crippen LogP contribution >= 0.6 is 15.9 Å². The van der Waals surface area contributed by atoms with Crippen molar-refractivity contribution in [2.24, 2.45) is 0 Å². The fourth-order valence-electron chi connectivity index (χ4n) is 2.71. The highest BCUT2D eigenvalue weighted by atomic mass is 79.9. The molecule has 0 N–H and O–H groups in total. The fraction of sp³-hybridized carbons (Fsp3) is 0.176. The van der Waals surface area contributed by atoms with Crippen molar-refractivity contribution in [3.8, 4) is 0 Å². The van der Waals surface area contributed by atoms with Gasteiger partial charge in [-0.1, -0.05) is 13.0 Å². The van der Waals surface area contributed by atoms with Crippen LogP contribution in [-0.4, -0.2) is 24.8 Å². The molecule has 0 spiro atoms. The van der Waals surface area contributed by atoms with Crippen LogP contribution in [0.25, 0.3) is 16.6 Å². The van der Waals surface area contributed by atoms with E-state index in [9.17, 15) is 0 Å². The van der Waals surface area contributed by atoms with Gasteiger partial charge in [0.25, 0.3) is 0 Å². The first-order valence-corrected chi connectivity index (χ1v) is 8.15. The van der Waals surface area contributed by atoms with Crippen molar-refractivity contribution >= 4 is 32.5 Å². The van der Waals surface area contributed by atoms with E-state index in [0.717, 1.165) is 38.1 Å². The van der Waals surface area contributed by atoms with E-state index < -0.39 is 0 Å². The molecule has 0 aliphatic rings. The smallest absolute Gasteiger partial charge is 0.177 e. The van der Waals surface area contributed by atoms with Crippen LogP contribution in [0.1, 0.15) is 29.9 Å². The molecule has 0 saturated carbocycles. The molecule has 4 aromatic rings. The zero-order valence-electron chi connectivity index (χ0n) is 12.7. The summed E-state index contributed by atoms with van der Waals surface area (Å²) in [5.41, 5.74) is 3.85. The summed E-state index contributed by atoms with van der Waals surface area (Å²) in [6.07, 6.45) is 1.81. The van der Waals surface area contributed by atoms with Crippen molar-refractivity contribution in [2.75, 3.05) is 0 Å². The molecular formula is C17H14BrN5. The van der Waals surface area contributed by atoms with E-state index in [2.05, 4.69) is 61.3 Å². The molecule has 1 aromatic carbocycles. The lowest BCUT2D eigenvalue weighted by atomic mass is 9.98. The second kappa shape index (κ2) is 5.38. The third-order valence-electron chi connectivity index (χ3n) is 3.98.